The number of carboxylic acids is 1. The maximum atomic E-state index is 11.1. The average Bonchev–Trinajstić information content (AvgIpc) is 2.85. The Kier molecular flexibility index (Phi) is 3.53. The number of nitrogens with zero attached hydrogens (tertiary/aromatic N) is 1. The van der Waals surface area contributed by atoms with Crippen molar-refractivity contribution in [3.05, 3.63) is 0 Å². The van der Waals surface area contributed by atoms with Gasteiger partial charge in [0.2, 0.25) is 0 Å². The zero-order chi connectivity index (χ0) is 11.6. The summed E-state index contributed by atoms with van der Waals surface area (Å²) in [6.07, 6.45) is 7.67. The maximum absolute atomic E-state index is 11.1. The van der Waals surface area contributed by atoms with Gasteiger partial charge in [0.15, 0.2) is 0 Å². The Morgan fingerprint density at radius 1 is 1.44 bits per heavy atom. The maximum Gasteiger partial charge on any atom is 0.310 e. The fraction of sp³-hybridized carbons (Fsp3) is 0.923. The Bertz CT molecular complexity index is 261. The summed E-state index contributed by atoms with van der Waals surface area (Å²) in [5, 5.41) is 9.14. The summed E-state index contributed by atoms with van der Waals surface area (Å²) in [4.78, 5) is 13.4. The van der Waals surface area contributed by atoms with Gasteiger partial charge in [0.1, 0.15) is 0 Å². The van der Waals surface area contributed by atoms with Gasteiger partial charge in [0.05, 0.1) is 5.41 Å². The molecular formula is C13H23NO2. The molecule has 0 spiro atoms. The van der Waals surface area contributed by atoms with Gasteiger partial charge in [0.25, 0.3) is 0 Å². The van der Waals surface area contributed by atoms with Crippen LogP contribution in [0.5, 0.6) is 0 Å². The molecule has 1 N–H and O–H groups in total. The molecule has 0 amide bonds. The zero-order valence-electron chi connectivity index (χ0n) is 10.2. The highest BCUT2D eigenvalue weighted by Gasteiger charge is 2.40. The fourth-order valence-electron chi connectivity index (χ4n) is 3.09. The van der Waals surface area contributed by atoms with E-state index in [2.05, 4.69) is 4.90 Å². The molecule has 2 aliphatic rings. The van der Waals surface area contributed by atoms with E-state index in [0.717, 1.165) is 32.0 Å². The zero-order valence-corrected chi connectivity index (χ0v) is 10.2. The number of hydrogen-bond acceptors (Lipinski definition) is 2. The molecule has 1 atom stereocenters. The van der Waals surface area contributed by atoms with Crippen LogP contribution in [0, 0.1) is 11.3 Å². The Morgan fingerprint density at radius 2 is 2.12 bits per heavy atom. The largest absolute Gasteiger partial charge is 0.481 e. The van der Waals surface area contributed by atoms with E-state index in [1.807, 2.05) is 6.92 Å². The molecule has 1 saturated heterocycles. The van der Waals surface area contributed by atoms with Crippen LogP contribution in [0.15, 0.2) is 0 Å². The monoisotopic (exact) mass is 225 g/mol. The quantitative estimate of drug-likeness (QED) is 0.798. The van der Waals surface area contributed by atoms with Crippen molar-refractivity contribution in [1.82, 2.24) is 4.90 Å². The lowest BCUT2D eigenvalue weighted by Crippen LogP contribution is -2.32. The van der Waals surface area contributed by atoms with Crippen LogP contribution in [0.1, 0.15) is 45.4 Å². The molecule has 2 fully saturated rings. The van der Waals surface area contributed by atoms with E-state index in [9.17, 15) is 4.79 Å². The van der Waals surface area contributed by atoms with Crippen LogP contribution in [0.25, 0.3) is 0 Å². The third-order valence-corrected chi connectivity index (χ3v) is 4.40. The lowest BCUT2D eigenvalue weighted by Gasteiger charge is -2.21. The third-order valence-electron chi connectivity index (χ3n) is 4.40. The summed E-state index contributed by atoms with van der Waals surface area (Å²) in [5.74, 6) is 0.285. The average molecular weight is 225 g/mol. The summed E-state index contributed by atoms with van der Waals surface area (Å²) in [6.45, 7) is 4.70. The highest BCUT2D eigenvalue weighted by Crippen LogP contribution is 2.32. The Labute approximate surface area is 97.8 Å². The second-order valence-corrected chi connectivity index (χ2v) is 5.83. The van der Waals surface area contributed by atoms with Crippen LogP contribution in [0.4, 0.5) is 0 Å². The summed E-state index contributed by atoms with van der Waals surface area (Å²) in [6, 6.07) is 0. The molecular weight excluding hydrogens is 202 g/mol. The number of carboxylic acid groups (broad SMARTS) is 1. The first-order valence-electron chi connectivity index (χ1n) is 6.56. The van der Waals surface area contributed by atoms with Crippen molar-refractivity contribution in [1.29, 1.82) is 0 Å². The molecule has 1 saturated carbocycles. The lowest BCUT2D eigenvalue weighted by atomic mass is 9.90. The number of aliphatic carboxylic acids is 1. The van der Waals surface area contributed by atoms with Gasteiger partial charge in [0, 0.05) is 6.54 Å². The first kappa shape index (κ1) is 11.9. The van der Waals surface area contributed by atoms with E-state index in [-0.39, 0.29) is 0 Å². The fourth-order valence-corrected chi connectivity index (χ4v) is 3.09. The first-order chi connectivity index (χ1) is 7.60. The van der Waals surface area contributed by atoms with E-state index in [0.29, 0.717) is 0 Å². The molecule has 16 heavy (non-hydrogen) atoms. The van der Waals surface area contributed by atoms with Gasteiger partial charge in [-0.2, -0.15) is 0 Å². The molecule has 0 radical (unpaired) electrons. The second-order valence-electron chi connectivity index (χ2n) is 5.83. The van der Waals surface area contributed by atoms with E-state index in [1.165, 1.54) is 32.1 Å². The highest BCUT2D eigenvalue weighted by atomic mass is 16.4. The van der Waals surface area contributed by atoms with Gasteiger partial charge in [-0.15, -0.1) is 0 Å². The molecule has 2 rings (SSSR count). The van der Waals surface area contributed by atoms with Gasteiger partial charge >= 0.3 is 5.97 Å². The number of hydrogen-bond donors (Lipinski definition) is 1. The molecule has 3 nitrogen and oxygen atoms in total. The minimum absolute atomic E-state index is 0.490. The molecule has 1 heterocycles. The number of carbonyl (C=O) groups is 1. The summed E-state index contributed by atoms with van der Waals surface area (Å²) >= 11 is 0. The first-order valence-corrected chi connectivity index (χ1v) is 6.56. The Balaban J connectivity index is 1.74. The van der Waals surface area contributed by atoms with Crippen molar-refractivity contribution in [2.45, 2.75) is 45.4 Å². The number of rotatable bonds is 4. The molecule has 92 valence electrons. The summed E-state index contributed by atoms with van der Waals surface area (Å²) in [7, 11) is 0. The summed E-state index contributed by atoms with van der Waals surface area (Å²) < 4.78 is 0. The van der Waals surface area contributed by atoms with Crippen LogP contribution in [-0.2, 0) is 4.79 Å². The molecule has 1 aliphatic carbocycles. The van der Waals surface area contributed by atoms with Gasteiger partial charge in [-0.3, -0.25) is 4.79 Å². The van der Waals surface area contributed by atoms with Gasteiger partial charge in [-0.1, -0.05) is 25.7 Å². The molecule has 0 aromatic heterocycles. The lowest BCUT2D eigenvalue weighted by molar-refractivity contribution is -0.147. The molecule has 1 aliphatic heterocycles. The van der Waals surface area contributed by atoms with Crippen LogP contribution < -0.4 is 0 Å². The van der Waals surface area contributed by atoms with Crippen LogP contribution in [0.3, 0.4) is 0 Å². The van der Waals surface area contributed by atoms with Crippen molar-refractivity contribution in [3.63, 3.8) is 0 Å². The van der Waals surface area contributed by atoms with E-state index in [1.54, 1.807) is 0 Å². The molecule has 3 heteroatoms. The van der Waals surface area contributed by atoms with Gasteiger partial charge in [-0.05, 0) is 38.8 Å². The van der Waals surface area contributed by atoms with Crippen molar-refractivity contribution in [3.8, 4) is 0 Å². The Hall–Kier alpha value is -0.570. The predicted molar refractivity (Wildman–Crippen MR) is 63.4 cm³/mol. The Morgan fingerprint density at radius 3 is 2.69 bits per heavy atom. The molecule has 1 unspecified atom stereocenters. The topological polar surface area (TPSA) is 40.5 Å². The van der Waals surface area contributed by atoms with Gasteiger partial charge in [-0.25, -0.2) is 0 Å². The van der Waals surface area contributed by atoms with Crippen molar-refractivity contribution >= 4 is 5.97 Å². The van der Waals surface area contributed by atoms with Gasteiger partial charge < -0.3 is 10.0 Å². The standard InChI is InChI=1S/C13H23NO2/c1-13(12(15)16)7-9-14(10-13)8-6-11-4-2-3-5-11/h11H,2-10H2,1H3,(H,15,16). The SMILES string of the molecule is CC1(C(=O)O)CCN(CCC2CCCC2)C1. The van der Waals surface area contributed by atoms with Crippen LogP contribution in [0.2, 0.25) is 0 Å². The van der Waals surface area contributed by atoms with Crippen molar-refractivity contribution < 1.29 is 9.90 Å². The van der Waals surface area contributed by atoms with Crippen LogP contribution in [-0.4, -0.2) is 35.6 Å². The highest BCUT2D eigenvalue weighted by molar-refractivity contribution is 5.74. The number of likely N-dealkylation sites (tertiary alicyclic amines) is 1. The molecule has 0 aromatic rings. The van der Waals surface area contributed by atoms with E-state index < -0.39 is 11.4 Å². The minimum Gasteiger partial charge on any atom is -0.481 e. The molecule has 0 bridgehead atoms. The van der Waals surface area contributed by atoms with Crippen molar-refractivity contribution in [2.75, 3.05) is 19.6 Å². The smallest absolute Gasteiger partial charge is 0.310 e. The van der Waals surface area contributed by atoms with E-state index in [4.69, 9.17) is 5.11 Å². The van der Waals surface area contributed by atoms with E-state index >= 15 is 0 Å². The third kappa shape index (κ3) is 2.57. The normalized spacial score (nSPS) is 32.3. The second kappa shape index (κ2) is 4.74. The predicted octanol–water partition coefficient (Wildman–Crippen LogP) is 2.36. The van der Waals surface area contributed by atoms with Crippen molar-refractivity contribution in [2.24, 2.45) is 11.3 Å². The minimum atomic E-state index is -0.629. The van der Waals surface area contributed by atoms with Crippen LogP contribution >= 0.6 is 0 Å². The summed E-state index contributed by atoms with van der Waals surface area (Å²) in [5.41, 5.74) is -0.490. The molecule has 0 aromatic carbocycles.